The molecule has 0 spiro atoms. The molecule has 3 rings (SSSR count). The molecule has 2 N–H and O–H groups in total. The van der Waals surface area contributed by atoms with E-state index < -0.39 is 29.7 Å². The van der Waals surface area contributed by atoms with Gasteiger partial charge >= 0.3 is 6.03 Å². The number of carbonyl (C=O) groups excluding carboxylic acids is 3. The summed E-state index contributed by atoms with van der Waals surface area (Å²) in [6.07, 6.45) is 1.61. The van der Waals surface area contributed by atoms with Crippen LogP contribution in [0.2, 0.25) is 0 Å². The predicted octanol–water partition coefficient (Wildman–Crippen LogP) is 2.22. The fourth-order valence-corrected chi connectivity index (χ4v) is 3.48. The van der Waals surface area contributed by atoms with E-state index in [1.54, 1.807) is 13.0 Å². The number of hydrogen-bond donors (Lipinski definition) is 2. The molecule has 1 aliphatic rings. The highest BCUT2D eigenvalue weighted by Crippen LogP contribution is 2.23. The summed E-state index contributed by atoms with van der Waals surface area (Å²) in [5, 5.41) is 13.1. The molecule has 1 aromatic heterocycles. The largest absolute Gasteiger partial charge is 0.416 e. The Morgan fingerprint density at radius 1 is 1.40 bits per heavy atom. The predicted molar refractivity (Wildman–Crippen MR) is 107 cm³/mol. The van der Waals surface area contributed by atoms with E-state index in [1.807, 2.05) is 0 Å². The van der Waals surface area contributed by atoms with Crippen LogP contribution in [0.5, 0.6) is 0 Å². The van der Waals surface area contributed by atoms with Gasteiger partial charge in [0.25, 0.3) is 5.22 Å². The van der Waals surface area contributed by atoms with Gasteiger partial charge in [-0.2, -0.15) is 0 Å². The molecule has 1 fully saturated rings. The summed E-state index contributed by atoms with van der Waals surface area (Å²) in [5.74, 6) is -1.71. The maximum atomic E-state index is 13.6. The maximum Gasteiger partial charge on any atom is 0.324 e. The van der Waals surface area contributed by atoms with Crippen molar-refractivity contribution >= 4 is 35.3 Å². The fraction of sp³-hybridized carbons (Fsp3) is 0.316. The lowest BCUT2D eigenvalue weighted by molar-refractivity contribution is -0.134. The summed E-state index contributed by atoms with van der Waals surface area (Å²) in [4.78, 5) is 37.6. The molecule has 0 radical (unpaired) electrons. The number of nitrogens with one attached hydrogen (secondary N) is 2. The minimum absolute atomic E-state index is 0.0576. The molecule has 9 nitrogen and oxygen atoms in total. The topological polar surface area (TPSA) is 117 Å². The van der Waals surface area contributed by atoms with Crippen LogP contribution in [0.25, 0.3) is 0 Å². The minimum atomic E-state index is -0.565. The molecular weight excluding hydrogens is 413 g/mol. The first-order chi connectivity index (χ1) is 14.4. The number of imide groups is 1. The Balaban J connectivity index is 1.56. The van der Waals surface area contributed by atoms with Gasteiger partial charge in [-0.3, -0.25) is 14.5 Å². The Bertz CT molecular complexity index is 966. The van der Waals surface area contributed by atoms with Gasteiger partial charge in [-0.05, 0) is 19.1 Å². The van der Waals surface area contributed by atoms with Crippen LogP contribution in [0.3, 0.4) is 0 Å². The van der Waals surface area contributed by atoms with Crippen LogP contribution in [0.1, 0.15) is 12.8 Å². The zero-order chi connectivity index (χ0) is 21.7. The molecule has 1 aliphatic heterocycles. The van der Waals surface area contributed by atoms with Crippen LogP contribution in [0.4, 0.5) is 14.9 Å². The Morgan fingerprint density at radius 3 is 2.90 bits per heavy atom. The van der Waals surface area contributed by atoms with Crippen molar-refractivity contribution in [1.82, 2.24) is 20.4 Å². The minimum Gasteiger partial charge on any atom is -0.416 e. The number of para-hydroxylation sites is 1. The first-order valence-electron chi connectivity index (χ1n) is 9.11. The van der Waals surface area contributed by atoms with Gasteiger partial charge in [-0.15, -0.1) is 16.8 Å². The van der Waals surface area contributed by atoms with Gasteiger partial charge in [0.1, 0.15) is 5.82 Å². The molecule has 158 valence electrons. The molecule has 0 aliphatic carbocycles. The third-order valence-corrected chi connectivity index (χ3v) is 5.23. The quantitative estimate of drug-likeness (QED) is 0.484. The van der Waals surface area contributed by atoms with E-state index >= 15 is 0 Å². The molecule has 30 heavy (non-hydrogen) atoms. The molecule has 1 saturated heterocycles. The van der Waals surface area contributed by atoms with Gasteiger partial charge in [0.05, 0.1) is 17.4 Å². The Morgan fingerprint density at radius 2 is 2.17 bits per heavy atom. The van der Waals surface area contributed by atoms with E-state index in [9.17, 15) is 18.8 Å². The second-order valence-electron chi connectivity index (χ2n) is 6.56. The van der Waals surface area contributed by atoms with Crippen molar-refractivity contribution in [2.24, 2.45) is 5.92 Å². The summed E-state index contributed by atoms with van der Waals surface area (Å²) < 4.78 is 19.1. The second-order valence-corrected chi connectivity index (χ2v) is 7.49. The zero-order valence-electron chi connectivity index (χ0n) is 16.1. The maximum absolute atomic E-state index is 13.6. The molecule has 2 atom stereocenters. The first kappa shape index (κ1) is 21.5. The van der Waals surface area contributed by atoms with Crippen LogP contribution in [0, 0.1) is 11.7 Å². The van der Waals surface area contributed by atoms with E-state index in [0.29, 0.717) is 0 Å². The van der Waals surface area contributed by atoms with Gasteiger partial charge in [0.15, 0.2) is 0 Å². The van der Waals surface area contributed by atoms with Crippen LogP contribution in [-0.2, 0) is 16.0 Å². The van der Waals surface area contributed by atoms with E-state index in [0.717, 1.165) is 16.7 Å². The van der Waals surface area contributed by atoms with Crippen LogP contribution in [-0.4, -0.2) is 51.3 Å². The van der Waals surface area contributed by atoms with Crippen LogP contribution in [0.15, 0.2) is 46.6 Å². The van der Waals surface area contributed by atoms with E-state index in [1.165, 1.54) is 24.3 Å². The fourth-order valence-electron chi connectivity index (χ4n) is 2.90. The highest BCUT2D eigenvalue weighted by Gasteiger charge is 2.39. The van der Waals surface area contributed by atoms with Crippen molar-refractivity contribution in [1.29, 1.82) is 0 Å². The number of rotatable bonds is 8. The summed E-state index contributed by atoms with van der Waals surface area (Å²) in [6, 6.07) is 4.98. The van der Waals surface area contributed by atoms with Crippen molar-refractivity contribution in [2.45, 2.75) is 24.6 Å². The first-order valence-corrected chi connectivity index (χ1v) is 10.1. The van der Waals surface area contributed by atoms with Crippen molar-refractivity contribution in [3.8, 4) is 0 Å². The van der Waals surface area contributed by atoms with Crippen molar-refractivity contribution in [2.75, 3.05) is 17.6 Å². The van der Waals surface area contributed by atoms with Gasteiger partial charge < -0.3 is 15.1 Å². The van der Waals surface area contributed by atoms with Crippen molar-refractivity contribution in [3.63, 3.8) is 0 Å². The van der Waals surface area contributed by atoms with Crippen molar-refractivity contribution in [3.05, 3.63) is 48.6 Å². The van der Waals surface area contributed by atoms with Gasteiger partial charge in [0.2, 0.25) is 17.7 Å². The third kappa shape index (κ3) is 5.03. The lowest BCUT2D eigenvalue weighted by Gasteiger charge is -2.34. The van der Waals surface area contributed by atoms with Crippen molar-refractivity contribution < 1.29 is 23.2 Å². The number of urea groups is 1. The number of amides is 4. The molecule has 1 aromatic carbocycles. The standard InChI is InChI=1S/C19H20FN5O4S/c1-3-8-25-17(27)12(11(2)21-18(25)28)9-16-23-24-19(29-16)30-10-15(26)22-14-7-5-4-6-13(14)20/h3-7,11-12H,1,8-10H2,2H3,(H,21,28)(H,22,26). The average Bonchev–Trinajstić information content (AvgIpc) is 3.16. The normalized spacial score (nSPS) is 18.8. The zero-order valence-corrected chi connectivity index (χ0v) is 16.9. The Kier molecular flexibility index (Phi) is 6.83. The van der Waals surface area contributed by atoms with E-state index in [-0.39, 0.29) is 41.4 Å². The number of nitrogens with zero attached hydrogens (tertiary/aromatic N) is 3. The molecule has 0 saturated carbocycles. The Labute approximate surface area is 176 Å². The molecule has 2 aromatic rings. The monoisotopic (exact) mass is 433 g/mol. The highest BCUT2D eigenvalue weighted by molar-refractivity contribution is 7.99. The number of benzene rings is 1. The average molecular weight is 433 g/mol. The lowest BCUT2D eigenvalue weighted by Crippen LogP contribution is -2.59. The van der Waals surface area contributed by atoms with E-state index in [2.05, 4.69) is 27.4 Å². The lowest BCUT2D eigenvalue weighted by atomic mass is 9.93. The second kappa shape index (κ2) is 9.53. The van der Waals surface area contributed by atoms with Gasteiger partial charge in [-0.1, -0.05) is 30.0 Å². The smallest absolute Gasteiger partial charge is 0.324 e. The molecule has 2 unspecified atom stereocenters. The molecule has 4 amide bonds. The van der Waals surface area contributed by atoms with Crippen LogP contribution < -0.4 is 10.6 Å². The summed E-state index contributed by atoms with van der Waals surface area (Å²) in [6.45, 7) is 5.38. The summed E-state index contributed by atoms with van der Waals surface area (Å²) >= 11 is 0.994. The number of aromatic nitrogens is 2. The number of thioether (sulfide) groups is 1. The number of halogens is 1. The number of anilines is 1. The Hall–Kier alpha value is -3.21. The molecule has 11 heteroatoms. The molecule has 2 heterocycles. The number of carbonyl (C=O) groups is 3. The molecule has 0 bridgehead atoms. The van der Waals surface area contributed by atoms with Gasteiger partial charge in [-0.25, -0.2) is 9.18 Å². The van der Waals surface area contributed by atoms with Crippen LogP contribution >= 0.6 is 11.8 Å². The van der Waals surface area contributed by atoms with E-state index in [4.69, 9.17) is 4.42 Å². The summed E-state index contributed by atoms with van der Waals surface area (Å²) in [7, 11) is 0. The third-order valence-electron chi connectivity index (χ3n) is 4.41. The molecular formula is C19H20FN5O4S. The summed E-state index contributed by atoms with van der Waals surface area (Å²) in [5.41, 5.74) is 0.0882. The number of hydrogen-bond acceptors (Lipinski definition) is 7. The van der Waals surface area contributed by atoms with Gasteiger partial charge in [0, 0.05) is 19.0 Å². The SMILES string of the molecule is C=CCN1C(=O)NC(C)C(Cc2nnc(SCC(=O)Nc3ccccc3F)o2)C1=O. The highest BCUT2D eigenvalue weighted by atomic mass is 32.2.